The number of nitrogens with zero attached hydrogens (tertiary/aromatic N) is 1. The molecule has 20 heavy (non-hydrogen) atoms. The summed E-state index contributed by atoms with van der Waals surface area (Å²) in [6, 6.07) is 7.39. The van der Waals surface area contributed by atoms with Crippen LogP contribution in [0.1, 0.15) is 19.3 Å². The monoisotopic (exact) mass is 279 g/mol. The Morgan fingerprint density at radius 1 is 1.30 bits per heavy atom. The molecule has 0 bridgehead atoms. The van der Waals surface area contributed by atoms with Gasteiger partial charge in [-0.25, -0.2) is 0 Å². The SMILES string of the molecule is COc1ccc(OCC(=O)N(CCO)C2CCC2)cc1. The second-order valence-corrected chi connectivity index (χ2v) is 4.86. The van der Waals surface area contributed by atoms with Crippen LogP contribution in [0.4, 0.5) is 0 Å². The number of aliphatic hydroxyl groups excluding tert-OH is 1. The van der Waals surface area contributed by atoms with Gasteiger partial charge in [0.25, 0.3) is 5.91 Å². The molecule has 0 aliphatic heterocycles. The smallest absolute Gasteiger partial charge is 0.260 e. The largest absolute Gasteiger partial charge is 0.497 e. The highest BCUT2D eigenvalue weighted by molar-refractivity contribution is 5.78. The fourth-order valence-electron chi connectivity index (χ4n) is 2.22. The van der Waals surface area contributed by atoms with Gasteiger partial charge in [-0.15, -0.1) is 0 Å². The molecular weight excluding hydrogens is 258 g/mol. The summed E-state index contributed by atoms with van der Waals surface area (Å²) in [7, 11) is 1.60. The van der Waals surface area contributed by atoms with Crippen molar-refractivity contribution in [1.29, 1.82) is 0 Å². The molecule has 0 saturated heterocycles. The maximum absolute atomic E-state index is 12.1. The lowest BCUT2D eigenvalue weighted by molar-refractivity contribution is -0.138. The van der Waals surface area contributed by atoms with Crippen LogP contribution >= 0.6 is 0 Å². The van der Waals surface area contributed by atoms with Gasteiger partial charge in [-0.2, -0.15) is 0 Å². The van der Waals surface area contributed by atoms with Crippen molar-refractivity contribution in [2.24, 2.45) is 0 Å². The van der Waals surface area contributed by atoms with Gasteiger partial charge < -0.3 is 19.5 Å². The molecule has 1 N–H and O–H groups in total. The van der Waals surface area contributed by atoms with E-state index in [1.165, 1.54) is 0 Å². The van der Waals surface area contributed by atoms with Gasteiger partial charge in [-0.3, -0.25) is 4.79 Å². The summed E-state index contributed by atoms with van der Waals surface area (Å²) >= 11 is 0. The molecule has 5 heteroatoms. The number of carbonyl (C=O) groups excluding carboxylic acids is 1. The molecule has 1 aromatic rings. The molecule has 0 aromatic heterocycles. The number of amides is 1. The van der Waals surface area contributed by atoms with Crippen LogP contribution < -0.4 is 9.47 Å². The molecule has 0 radical (unpaired) electrons. The lowest BCUT2D eigenvalue weighted by atomic mass is 9.91. The lowest BCUT2D eigenvalue weighted by Gasteiger charge is -2.37. The number of ether oxygens (including phenoxy) is 2. The van der Waals surface area contributed by atoms with E-state index in [-0.39, 0.29) is 25.2 Å². The minimum absolute atomic E-state index is 0.00281. The van der Waals surface area contributed by atoms with Crippen LogP contribution in [0.2, 0.25) is 0 Å². The van der Waals surface area contributed by atoms with Gasteiger partial charge in [0.15, 0.2) is 6.61 Å². The van der Waals surface area contributed by atoms with Crippen molar-refractivity contribution in [3.63, 3.8) is 0 Å². The highest BCUT2D eigenvalue weighted by Crippen LogP contribution is 2.25. The van der Waals surface area contributed by atoms with Crippen LogP contribution in [0.25, 0.3) is 0 Å². The average Bonchev–Trinajstić information content (AvgIpc) is 2.43. The highest BCUT2D eigenvalue weighted by atomic mass is 16.5. The number of hydrogen-bond acceptors (Lipinski definition) is 4. The van der Waals surface area contributed by atoms with Crippen LogP contribution in [0.3, 0.4) is 0 Å². The molecule has 1 aliphatic carbocycles. The zero-order valence-electron chi connectivity index (χ0n) is 11.7. The van der Waals surface area contributed by atoms with Crippen molar-refractivity contribution in [3.05, 3.63) is 24.3 Å². The van der Waals surface area contributed by atoms with Gasteiger partial charge in [0.1, 0.15) is 11.5 Å². The molecule has 1 saturated carbocycles. The summed E-state index contributed by atoms with van der Waals surface area (Å²) in [5.41, 5.74) is 0. The minimum atomic E-state index is -0.0698. The van der Waals surface area contributed by atoms with Gasteiger partial charge >= 0.3 is 0 Å². The maximum atomic E-state index is 12.1. The van der Waals surface area contributed by atoms with E-state index in [1.807, 2.05) is 0 Å². The van der Waals surface area contributed by atoms with E-state index in [4.69, 9.17) is 14.6 Å². The molecule has 0 spiro atoms. The third kappa shape index (κ3) is 3.63. The van der Waals surface area contributed by atoms with Crippen molar-refractivity contribution in [3.8, 4) is 11.5 Å². The molecule has 0 heterocycles. The first-order valence-corrected chi connectivity index (χ1v) is 6.91. The zero-order chi connectivity index (χ0) is 14.4. The Balaban J connectivity index is 1.85. The summed E-state index contributed by atoms with van der Waals surface area (Å²) < 4.78 is 10.5. The number of rotatable bonds is 7. The predicted molar refractivity (Wildman–Crippen MR) is 74.9 cm³/mol. The van der Waals surface area contributed by atoms with E-state index in [0.717, 1.165) is 25.0 Å². The van der Waals surface area contributed by atoms with E-state index in [9.17, 15) is 4.79 Å². The number of aliphatic hydroxyl groups is 1. The zero-order valence-corrected chi connectivity index (χ0v) is 11.7. The van der Waals surface area contributed by atoms with Gasteiger partial charge in [0, 0.05) is 12.6 Å². The molecule has 1 aliphatic rings. The number of benzene rings is 1. The third-order valence-corrected chi connectivity index (χ3v) is 3.60. The standard InChI is InChI=1S/C15H21NO4/c1-19-13-5-7-14(8-6-13)20-11-15(18)16(9-10-17)12-3-2-4-12/h5-8,12,17H,2-4,9-11H2,1H3. The van der Waals surface area contributed by atoms with Crippen molar-refractivity contribution in [2.45, 2.75) is 25.3 Å². The van der Waals surface area contributed by atoms with Crippen LogP contribution in [0.5, 0.6) is 11.5 Å². The Bertz CT molecular complexity index is 428. The first kappa shape index (κ1) is 14.7. The van der Waals surface area contributed by atoms with E-state index in [0.29, 0.717) is 12.3 Å². The topological polar surface area (TPSA) is 59.0 Å². The highest BCUT2D eigenvalue weighted by Gasteiger charge is 2.28. The van der Waals surface area contributed by atoms with E-state index in [1.54, 1.807) is 36.3 Å². The molecule has 0 unspecified atom stereocenters. The molecule has 2 rings (SSSR count). The summed E-state index contributed by atoms with van der Waals surface area (Å²) in [6.07, 6.45) is 3.20. The normalized spacial score (nSPS) is 14.5. The molecule has 1 amide bonds. The van der Waals surface area contributed by atoms with Crippen LogP contribution in [0.15, 0.2) is 24.3 Å². The molecular formula is C15H21NO4. The van der Waals surface area contributed by atoms with Gasteiger partial charge in [0.05, 0.1) is 13.7 Å². The van der Waals surface area contributed by atoms with Gasteiger partial charge in [-0.05, 0) is 43.5 Å². The second kappa shape index (κ2) is 7.14. The van der Waals surface area contributed by atoms with Crippen molar-refractivity contribution in [1.82, 2.24) is 4.90 Å². The van der Waals surface area contributed by atoms with Crippen molar-refractivity contribution in [2.75, 3.05) is 26.9 Å². The van der Waals surface area contributed by atoms with Gasteiger partial charge in [-0.1, -0.05) is 0 Å². The van der Waals surface area contributed by atoms with Crippen molar-refractivity contribution >= 4 is 5.91 Å². The Labute approximate surface area is 119 Å². The molecule has 1 aromatic carbocycles. The fourth-order valence-corrected chi connectivity index (χ4v) is 2.22. The van der Waals surface area contributed by atoms with E-state index >= 15 is 0 Å². The van der Waals surface area contributed by atoms with Crippen LogP contribution in [-0.4, -0.2) is 48.8 Å². The molecule has 5 nitrogen and oxygen atoms in total. The summed E-state index contributed by atoms with van der Waals surface area (Å²) in [4.78, 5) is 13.9. The number of hydrogen-bond donors (Lipinski definition) is 1. The molecule has 1 fully saturated rings. The number of carbonyl (C=O) groups is 1. The quantitative estimate of drug-likeness (QED) is 0.820. The number of methoxy groups -OCH3 is 1. The first-order chi connectivity index (χ1) is 9.74. The fraction of sp³-hybridized carbons (Fsp3) is 0.533. The Kier molecular flexibility index (Phi) is 5.24. The minimum Gasteiger partial charge on any atom is -0.497 e. The lowest BCUT2D eigenvalue weighted by Crippen LogP contribution is -2.47. The third-order valence-electron chi connectivity index (χ3n) is 3.60. The van der Waals surface area contributed by atoms with Crippen LogP contribution in [0, 0.1) is 0 Å². The molecule has 110 valence electrons. The summed E-state index contributed by atoms with van der Waals surface area (Å²) in [5.74, 6) is 1.32. The van der Waals surface area contributed by atoms with E-state index in [2.05, 4.69) is 0 Å². The maximum Gasteiger partial charge on any atom is 0.260 e. The average molecular weight is 279 g/mol. The summed E-state index contributed by atoms with van der Waals surface area (Å²) in [6.45, 7) is 0.378. The van der Waals surface area contributed by atoms with Crippen molar-refractivity contribution < 1.29 is 19.4 Å². The summed E-state index contributed by atoms with van der Waals surface area (Å²) in [5, 5.41) is 9.05. The molecule has 0 atom stereocenters. The van der Waals surface area contributed by atoms with Crippen LogP contribution in [-0.2, 0) is 4.79 Å². The Hall–Kier alpha value is -1.75. The Morgan fingerprint density at radius 2 is 1.95 bits per heavy atom. The van der Waals surface area contributed by atoms with E-state index < -0.39 is 0 Å². The second-order valence-electron chi connectivity index (χ2n) is 4.86. The first-order valence-electron chi connectivity index (χ1n) is 6.91. The predicted octanol–water partition coefficient (Wildman–Crippen LogP) is 1.45. The Morgan fingerprint density at radius 3 is 2.45 bits per heavy atom. The van der Waals surface area contributed by atoms with Gasteiger partial charge in [0.2, 0.25) is 0 Å².